The predicted octanol–water partition coefficient (Wildman–Crippen LogP) is 10.0. The minimum absolute atomic E-state index is 1.07. The Morgan fingerprint density at radius 3 is 1.13 bits per heavy atom. The van der Waals surface area contributed by atoms with Crippen LogP contribution in [0.15, 0.2) is 285 Å². The Kier molecular flexibility index (Phi) is 10.2. The first-order valence-electron chi connectivity index (χ1n) is 24.1. The summed E-state index contributed by atoms with van der Waals surface area (Å²) in [6.45, 7) is 0. The van der Waals surface area contributed by atoms with Crippen molar-refractivity contribution >= 4 is 101 Å². The zero-order valence-electron chi connectivity index (χ0n) is 38.5. The van der Waals surface area contributed by atoms with E-state index in [4.69, 9.17) is 4.98 Å². The van der Waals surface area contributed by atoms with Gasteiger partial charge in [-0.05, 0) is 84.0 Å². The molecule has 0 atom stereocenters. The third kappa shape index (κ3) is 6.36. The predicted molar refractivity (Wildman–Crippen MR) is 300 cm³/mol. The third-order valence-electron chi connectivity index (χ3n) is 14.7. The SMILES string of the molecule is c1ccc([Si](c2ccccc2)(c2ccccc2)c2cccc(-n3c4cnccc4c4c3ccc3c5ccccc5n(-c5cccc([Si](c6ccccc6)(c6ccccc6)c6ccccc6)c5)c34)c2)cc1. The third-order valence-corrected chi connectivity index (χ3v) is 24.2. The molecule has 0 saturated heterocycles. The highest BCUT2D eigenvalue weighted by molar-refractivity contribution is 7.20. The van der Waals surface area contributed by atoms with Crippen LogP contribution >= 0.6 is 0 Å². The zero-order valence-corrected chi connectivity index (χ0v) is 40.5. The van der Waals surface area contributed by atoms with Crippen LogP contribution in [0.5, 0.6) is 0 Å². The second-order valence-corrected chi connectivity index (χ2v) is 25.9. The van der Waals surface area contributed by atoms with Gasteiger partial charge in [0.05, 0.1) is 28.3 Å². The molecular weight excluding hydrogens is 879 g/mol. The monoisotopic (exact) mass is 925 g/mol. The molecule has 0 aliphatic heterocycles. The van der Waals surface area contributed by atoms with Gasteiger partial charge in [-0.1, -0.05) is 231 Å². The summed E-state index contributed by atoms with van der Waals surface area (Å²) >= 11 is 0. The lowest BCUT2D eigenvalue weighted by atomic mass is 10.1. The van der Waals surface area contributed by atoms with E-state index >= 15 is 0 Å². The van der Waals surface area contributed by atoms with Crippen molar-refractivity contribution in [3.63, 3.8) is 0 Å². The summed E-state index contributed by atoms with van der Waals surface area (Å²) in [7, 11) is -5.66. The van der Waals surface area contributed by atoms with E-state index in [1.54, 1.807) is 0 Å². The Hall–Kier alpha value is -8.62. The molecule has 13 rings (SSSR count). The highest BCUT2D eigenvalue weighted by Crippen LogP contribution is 2.41. The van der Waals surface area contributed by atoms with Crippen LogP contribution in [-0.4, -0.2) is 30.3 Å². The summed E-state index contributed by atoms with van der Waals surface area (Å²) in [5.41, 5.74) is 6.82. The molecule has 70 heavy (non-hydrogen) atoms. The molecule has 10 aromatic carbocycles. The van der Waals surface area contributed by atoms with Crippen molar-refractivity contribution in [2.75, 3.05) is 0 Å². The number of para-hydroxylation sites is 1. The Balaban J connectivity index is 1.09. The number of rotatable bonds is 10. The minimum atomic E-state index is -2.83. The number of pyridine rings is 1. The second kappa shape index (κ2) is 17.2. The average molecular weight is 926 g/mol. The normalized spacial score (nSPS) is 12.0. The van der Waals surface area contributed by atoms with E-state index in [2.05, 4.69) is 288 Å². The first-order chi connectivity index (χ1) is 34.8. The number of hydrogen-bond donors (Lipinski definition) is 0. The van der Waals surface area contributed by atoms with Crippen LogP contribution < -0.4 is 41.5 Å². The second-order valence-electron chi connectivity index (χ2n) is 18.2. The van der Waals surface area contributed by atoms with E-state index in [0.29, 0.717) is 0 Å². The highest BCUT2D eigenvalue weighted by atomic mass is 28.3. The summed E-state index contributed by atoms with van der Waals surface area (Å²) in [5, 5.41) is 15.6. The van der Waals surface area contributed by atoms with Gasteiger partial charge in [-0.25, -0.2) is 0 Å². The van der Waals surface area contributed by atoms with E-state index in [0.717, 1.165) is 22.4 Å². The molecule has 0 aliphatic carbocycles. The van der Waals surface area contributed by atoms with E-state index in [-0.39, 0.29) is 0 Å². The fraction of sp³-hybridized carbons (Fsp3) is 0. The van der Waals surface area contributed by atoms with Crippen LogP contribution in [0.25, 0.3) is 55.0 Å². The lowest BCUT2D eigenvalue weighted by Crippen LogP contribution is -2.74. The van der Waals surface area contributed by atoms with E-state index in [1.165, 1.54) is 74.1 Å². The first kappa shape index (κ1) is 41.6. The summed E-state index contributed by atoms with van der Waals surface area (Å²) in [6, 6.07) is 102. The van der Waals surface area contributed by atoms with Gasteiger partial charge in [0.25, 0.3) is 0 Å². The first-order valence-corrected chi connectivity index (χ1v) is 28.1. The number of benzene rings is 10. The van der Waals surface area contributed by atoms with Crippen molar-refractivity contribution in [3.05, 3.63) is 285 Å². The number of fused-ring (bicyclic) bond motifs is 7. The maximum absolute atomic E-state index is 4.82. The van der Waals surface area contributed by atoms with Crippen molar-refractivity contribution in [1.82, 2.24) is 14.1 Å². The Labute approximate surface area is 409 Å². The van der Waals surface area contributed by atoms with E-state index in [1.807, 2.05) is 6.20 Å². The topological polar surface area (TPSA) is 22.8 Å². The minimum Gasteiger partial charge on any atom is -0.309 e. The maximum atomic E-state index is 4.82. The largest absolute Gasteiger partial charge is 0.309 e. The van der Waals surface area contributed by atoms with Crippen LogP contribution in [0.3, 0.4) is 0 Å². The summed E-state index contributed by atoms with van der Waals surface area (Å²) in [4.78, 5) is 4.82. The molecule has 330 valence electrons. The maximum Gasteiger partial charge on any atom is 0.179 e. The molecule has 13 aromatic rings. The fourth-order valence-corrected chi connectivity index (χ4v) is 21.4. The zero-order chi connectivity index (χ0) is 46.5. The Morgan fingerprint density at radius 2 is 0.671 bits per heavy atom. The van der Waals surface area contributed by atoms with Gasteiger partial charge in [-0.15, -0.1) is 0 Å². The van der Waals surface area contributed by atoms with Gasteiger partial charge in [0.1, 0.15) is 0 Å². The van der Waals surface area contributed by atoms with Gasteiger partial charge in [-0.2, -0.15) is 0 Å². The molecule has 5 heteroatoms. The van der Waals surface area contributed by atoms with Gasteiger partial charge in [0.2, 0.25) is 0 Å². The van der Waals surface area contributed by atoms with Gasteiger partial charge < -0.3 is 9.13 Å². The van der Waals surface area contributed by atoms with E-state index < -0.39 is 16.1 Å². The molecule has 0 bridgehead atoms. The van der Waals surface area contributed by atoms with Crippen molar-refractivity contribution in [3.8, 4) is 11.4 Å². The van der Waals surface area contributed by atoms with Crippen molar-refractivity contribution < 1.29 is 0 Å². The molecule has 0 unspecified atom stereocenters. The molecule has 0 radical (unpaired) electrons. The summed E-state index contributed by atoms with van der Waals surface area (Å²) in [5.74, 6) is 0. The number of nitrogens with zero attached hydrogens (tertiary/aromatic N) is 3. The van der Waals surface area contributed by atoms with Crippen LogP contribution in [0.2, 0.25) is 0 Å². The molecule has 0 N–H and O–H groups in total. The fourth-order valence-electron chi connectivity index (χ4n) is 11.8. The molecule has 0 saturated carbocycles. The van der Waals surface area contributed by atoms with Crippen molar-refractivity contribution in [2.45, 2.75) is 0 Å². The van der Waals surface area contributed by atoms with Crippen LogP contribution in [-0.2, 0) is 0 Å². The smallest absolute Gasteiger partial charge is 0.179 e. The average Bonchev–Trinajstić information content (AvgIpc) is 3.97. The molecule has 3 nitrogen and oxygen atoms in total. The van der Waals surface area contributed by atoms with Gasteiger partial charge in [0, 0.05) is 39.1 Å². The molecular formula is C65H47N3Si2. The van der Waals surface area contributed by atoms with E-state index in [9.17, 15) is 0 Å². The summed E-state index contributed by atoms with van der Waals surface area (Å²) < 4.78 is 4.99. The van der Waals surface area contributed by atoms with Gasteiger partial charge in [-0.3, -0.25) is 4.98 Å². The number of hydrogen-bond acceptors (Lipinski definition) is 1. The van der Waals surface area contributed by atoms with Crippen molar-refractivity contribution in [1.29, 1.82) is 0 Å². The highest BCUT2D eigenvalue weighted by Gasteiger charge is 2.43. The summed E-state index contributed by atoms with van der Waals surface area (Å²) in [6.07, 6.45) is 4.00. The molecule has 0 amide bonds. The Morgan fingerprint density at radius 1 is 0.271 bits per heavy atom. The quantitative estimate of drug-likeness (QED) is 0.0990. The lowest BCUT2D eigenvalue weighted by Gasteiger charge is -2.34. The van der Waals surface area contributed by atoms with Crippen LogP contribution in [0.4, 0.5) is 0 Å². The standard InChI is InChI=1S/C65H47N3Si2/c1-7-25-50(26-8-1)69(51-27-9-2-10-28-51,52-29-11-3-12-30-52)56-37-21-23-48(45-56)67-62-42-41-59-58-39-19-20-40-61(58)68(65(59)64(62)60-43-44-66-47-63(60)67)49-24-22-38-57(46-49)70(53-31-13-4-14-32-53,54-33-15-5-16-34-54)55-35-17-6-18-36-55/h1-47H. The van der Waals surface area contributed by atoms with Gasteiger partial charge >= 0.3 is 0 Å². The molecule has 0 fully saturated rings. The lowest BCUT2D eigenvalue weighted by molar-refractivity contribution is 1.17. The van der Waals surface area contributed by atoms with Gasteiger partial charge in [0.15, 0.2) is 16.1 Å². The number of aromatic nitrogens is 3. The molecule has 3 heterocycles. The van der Waals surface area contributed by atoms with Crippen molar-refractivity contribution in [2.24, 2.45) is 0 Å². The molecule has 0 aliphatic rings. The van der Waals surface area contributed by atoms with Crippen LogP contribution in [0.1, 0.15) is 0 Å². The molecule has 3 aromatic heterocycles. The van der Waals surface area contributed by atoms with Crippen LogP contribution in [0, 0.1) is 0 Å². The molecule has 0 spiro atoms. The Bertz CT molecular complexity index is 3790.